The topological polar surface area (TPSA) is 89.5 Å². The Hall–Kier alpha value is -3.82. The van der Waals surface area contributed by atoms with Gasteiger partial charge in [0.2, 0.25) is 5.82 Å². The highest BCUT2D eigenvalue weighted by Gasteiger charge is 2.18. The molecule has 0 aliphatic heterocycles. The number of hydrogen-bond acceptors (Lipinski definition) is 6. The molecule has 0 spiro atoms. The van der Waals surface area contributed by atoms with Gasteiger partial charge in [-0.05, 0) is 12.1 Å². The lowest BCUT2D eigenvalue weighted by atomic mass is 10.2. The summed E-state index contributed by atoms with van der Waals surface area (Å²) in [5, 5.41) is 10.6. The third-order valence-electron chi connectivity index (χ3n) is 4.45. The Balaban J connectivity index is 1.44. The Kier molecular flexibility index (Phi) is 5.03. The predicted octanol–water partition coefficient (Wildman–Crippen LogP) is 4.06. The first kappa shape index (κ1) is 19.2. The Morgan fingerprint density at radius 2 is 1.81 bits per heavy atom. The summed E-state index contributed by atoms with van der Waals surface area (Å²) < 4.78 is 3.43. The summed E-state index contributed by atoms with van der Waals surface area (Å²) in [5.41, 5.74) is 4.67. The van der Waals surface area contributed by atoms with Crippen LogP contribution in [-0.2, 0) is 0 Å². The van der Waals surface area contributed by atoms with Crippen molar-refractivity contribution in [3.05, 3.63) is 88.9 Å². The van der Waals surface area contributed by atoms with Crippen LogP contribution in [0.5, 0.6) is 0 Å². The van der Waals surface area contributed by atoms with Gasteiger partial charge < -0.3 is 0 Å². The van der Waals surface area contributed by atoms with Gasteiger partial charge in [0, 0.05) is 17.1 Å². The molecule has 1 N–H and O–H groups in total. The molecule has 152 valence electrons. The summed E-state index contributed by atoms with van der Waals surface area (Å²) in [4.78, 5) is 22.1. The van der Waals surface area contributed by atoms with E-state index < -0.39 is 5.91 Å². The molecule has 8 nitrogen and oxygen atoms in total. The molecule has 31 heavy (non-hydrogen) atoms. The van der Waals surface area contributed by atoms with Crippen LogP contribution in [0.25, 0.3) is 22.0 Å². The average molecular weight is 448 g/mol. The number of fused-ring (bicyclic) bond motifs is 1. The van der Waals surface area contributed by atoms with Gasteiger partial charge >= 0.3 is 5.91 Å². The van der Waals surface area contributed by atoms with E-state index in [4.69, 9.17) is 11.6 Å². The summed E-state index contributed by atoms with van der Waals surface area (Å²) in [6, 6.07) is 19.1. The van der Waals surface area contributed by atoms with Crippen molar-refractivity contribution >= 4 is 40.0 Å². The highest BCUT2D eigenvalue weighted by molar-refractivity contribution is 7.15. The van der Waals surface area contributed by atoms with Crippen LogP contribution in [0, 0.1) is 0 Å². The lowest BCUT2D eigenvalue weighted by molar-refractivity contribution is 0.0945. The van der Waals surface area contributed by atoms with Gasteiger partial charge in [0.25, 0.3) is 0 Å². The predicted molar refractivity (Wildman–Crippen MR) is 120 cm³/mol. The molecule has 0 saturated carbocycles. The number of thiazole rings is 1. The van der Waals surface area contributed by atoms with E-state index in [-0.39, 0.29) is 5.82 Å². The molecule has 3 aromatic heterocycles. The molecule has 10 heteroatoms. The number of aromatic nitrogens is 5. The van der Waals surface area contributed by atoms with Crippen LogP contribution >= 0.6 is 22.9 Å². The second kappa shape index (κ2) is 8.13. The number of amides is 1. The summed E-state index contributed by atoms with van der Waals surface area (Å²) in [7, 11) is 0. The Bertz CT molecular complexity index is 1330. The maximum Gasteiger partial charge on any atom is 0.311 e. The minimum absolute atomic E-state index is 0.0000764. The minimum atomic E-state index is -0.537. The number of carbonyl (C=O) groups is 1. The zero-order valence-corrected chi connectivity index (χ0v) is 17.5. The van der Waals surface area contributed by atoms with Crippen LogP contribution in [0.1, 0.15) is 16.3 Å². The van der Waals surface area contributed by atoms with E-state index in [1.807, 2.05) is 72.2 Å². The summed E-state index contributed by atoms with van der Waals surface area (Å²) in [6.45, 7) is 0. The molecule has 1 amide bonds. The molecule has 5 aromatic rings. The fourth-order valence-electron chi connectivity index (χ4n) is 3.03. The van der Waals surface area contributed by atoms with Crippen LogP contribution in [-0.4, -0.2) is 36.3 Å². The second-order valence-corrected chi connectivity index (χ2v) is 7.65. The van der Waals surface area contributed by atoms with Crippen molar-refractivity contribution in [2.45, 2.75) is 0 Å². The van der Waals surface area contributed by atoms with Crippen molar-refractivity contribution in [3.8, 4) is 17.1 Å². The molecule has 0 saturated heterocycles. The lowest BCUT2D eigenvalue weighted by Crippen LogP contribution is -2.19. The molecule has 0 atom stereocenters. The largest absolute Gasteiger partial charge is 0.311 e. The number of nitrogens with zero attached hydrogens (tertiary/aromatic N) is 6. The molecule has 0 unspecified atom stereocenters. The molecule has 5 rings (SSSR count). The van der Waals surface area contributed by atoms with Crippen LogP contribution in [0.2, 0.25) is 5.15 Å². The van der Waals surface area contributed by atoms with E-state index in [2.05, 4.69) is 25.6 Å². The fourth-order valence-corrected chi connectivity index (χ4v) is 4.02. The van der Waals surface area contributed by atoms with Crippen molar-refractivity contribution in [3.63, 3.8) is 0 Å². The zero-order valence-electron chi connectivity index (χ0n) is 15.9. The fraction of sp³-hybridized carbons (Fsp3) is 0. The summed E-state index contributed by atoms with van der Waals surface area (Å²) in [5.74, 6) is 0.0185. The first-order valence-electron chi connectivity index (χ1n) is 9.23. The molecule has 0 aliphatic rings. The number of benzene rings is 2. The number of rotatable bonds is 5. The molecule has 0 bridgehead atoms. The monoisotopic (exact) mass is 447 g/mol. The lowest BCUT2D eigenvalue weighted by Gasteiger charge is -2.05. The number of para-hydroxylation sites is 1. The average Bonchev–Trinajstić information content (AvgIpc) is 3.51. The molecular formula is C21H14ClN7OS. The van der Waals surface area contributed by atoms with E-state index >= 15 is 0 Å². The Labute approximate surface area is 185 Å². The zero-order chi connectivity index (χ0) is 21.2. The first-order chi connectivity index (χ1) is 15.2. The van der Waals surface area contributed by atoms with Crippen LogP contribution in [0.3, 0.4) is 0 Å². The third-order valence-corrected chi connectivity index (χ3v) is 5.48. The van der Waals surface area contributed by atoms with Crippen LogP contribution < -0.4 is 5.43 Å². The summed E-state index contributed by atoms with van der Waals surface area (Å²) >= 11 is 7.60. The van der Waals surface area contributed by atoms with E-state index in [1.54, 1.807) is 9.08 Å². The van der Waals surface area contributed by atoms with E-state index in [0.717, 1.165) is 16.2 Å². The van der Waals surface area contributed by atoms with Crippen molar-refractivity contribution in [2.75, 3.05) is 0 Å². The number of halogens is 1. The summed E-state index contributed by atoms with van der Waals surface area (Å²) in [6.07, 6.45) is 3.27. The quantitative estimate of drug-likeness (QED) is 0.325. The van der Waals surface area contributed by atoms with Gasteiger partial charge in [-0.15, -0.1) is 16.4 Å². The van der Waals surface area contributed by atoms with Gasteiger partial charge in [0.15, 0.2) is 15.9 Å². The van der Waals surface area contributed by atoms with E-state index in [1.165, 1.54) is 17.6 Å². The molecule has 2 aromatic carbocycles. The number of hydrogen-bond donors (Lipinski definition) is 1. The smallest absolute Gasteiger partial charge is 0.288 e. The van der Waals surface area contributed by atoms with Gasteiger partial charge in [-0.1, -0.05) is 60.1 Å². The maximum atomic E-state index is 12.7. The van der Waals surface area contributed by atoms with Gasteiger partial charge in [0.05, 0.1) is 11.9 Å². The number of nitrogens with one attached hydrogen (secondary N) is 1. The van der Waals surface area contributed by atoms with Crippen molar-refractivity contribution in [2.24, 2.45) is 5.10 Å². The Morgan fingerprint density at radius 3 is 2.58 bits per heavy atom. The van der Waals surface area contributed by atoms with E-state index in [0.29, 0.717) is 16.7 Å². The van der Waals surface area contributed by atoms with Crippen molar-refractivity contribution in [1.82, 2.24) is 29.6 Å². The minimum Gasteiger partial charge on any atom is -0.288 e. The van der Waals surface area contributed by atoms with Gasteiger partial charge in [0.1, 0.15) is 5.69 Å². The van der Waals surface area contributed by atoms with Crippen LogP contribution in [0.4, 0.5) is 0 Å². The number of carbonyl (C=O) groups excluding carboxylic acids is 1. The number of hydrazone groups is 1. The highest BCUT2D eigenvalue weighted by Crippen LogP contribution is 2.21. The molecule has 0 radical (unpaired) electrons. The molecule has 0 fully saturated rings. The van der Waals surface area contributed by atoms with E-state index in [9.17, 15) is 4.79 Å². The maximum absolute atomic E-state index is 12.7. The molecular weight excluding hydrogens is 434 g/mol. The van der Waals surface area contributed by atoms with Gasteiger partial charge in [-0.25, -0.2) is 20.1 Å². The van der Waals surface area contributed by atoms with Crippen molar-refractivity contribution < 1.29 is 4.79 Å². The third kappa shape index (κ3) is 3.72. The standard InChI is InChI=1S/C21H14ClN7OS/c22-17-16(28-11-12-31-21(28)24-17)13-23-26-20(30)18-25-19(14-7-3-1-4-8-14)29(27-18)15-9-5-2-6-10-15/h1-13H,(H,26,30)/b23-13+. The molecule has 3 heterocycles. The highest BCUT2D eigenvalue weighted by atomic mass is 35.5. The molecule has 0 aliphatic carbocycles. The van der Waals surface area contributed by atoms with Crippen LogP contribution in [0.15, 0.2) is 77.3 Å². The number of imidazole rings is 1. The SMILES string of the molecule is O=C(N/N=C/c1c(Cl)nc2sccn12)c1nc(-c2ccccc2)n(-c2ccccc2)n1. The Morgan fingerprint density at radius 1 is 1.06 bits per heavy atom. The second-order valence-electron chi connectivity index (χ2n) is 6.41. The van der Waals surface area contributed by atoms with Gasteiger partial charge in [-0.3, -0.25) is 9.20 Å². The normalized spacial score (nSPS) is 11.4. The first-order valence-corrected chi connectivity index (χ1v) is 10.5. The van der Waals surface area contributed by atoms with Gasteiger partial charge in [-0.2, -0.15) is 5.10 Å². The van der Waals surface area contributed by atoms with Crippen molar-refractivity contribution in [1.29, 1.82) is 0 Å².